The lowest BCUT2D eigenvalue weighted by Crippen LogP contribution is -2.67. The maximum absolute atomic E-state index is 13.5. The standard InChI is InChI=1S/C22H28N6O2S/c1-14(2)24-19(29)16-8-9-17-18(12-16)28-21(25-26-22(28)31-11-10-23)27(20(17)30)13-15-6-4-3-5-7-15/h3-7,14,16-18,21,25H,8-9,11-13H2,1-2H3,(H,24,29). The summed E-state index contributed by atoms with van der Waals surface area (Å²) in [5, 5.41) is 17.3. The maximum atomic E-state index is 13.5. The molecule has 4 atom stereocenters. The lowest BCUT2D eigenvalue weighted by atomic mass is 9.75. The van der Waals surface area contributed by atoms with Gasteiger partial charge in [0.1, 0.15) is 0 Å². The number of rotatable bonds is 5. The number of amides is 2. The van der Waals surface area contributed by atoms with Crippen LogP contribution in [0.1, 0.15) is 38.7 Å². The smallest absolute Gasteiger partial charge is 0.231 e. The topological polar surface area (TPSA) is 101 Å². The van der Waals surface area contributed by atoms with Crippen molar-refractivity contribution in [2.75, 3.05) is 5.75 Å². The Hall–Kier alpha value is -2.73. The molecule has 2 fully saturated rings. The van der Waals surface area contributed by atoms with E-state index in [9.17, 15) is 9.59 Å². The number of hydrogen-bond donors (Lipinski definition) is 2. The van der Waals surface area contributed by atoms with Crippen LogP contribution in [0.5, 0.6) is 0 Å². The van der Waals surface area contributed by atoms with Crippen LogP contribution in [0, 0.1) is 23.2 Å². The molecular formula is C22H28N6O2S. The van der Waals surface area contributed by atoms with Gasteiger partial charge in [-0.05, 0) is 38.7 Å². The Balaban J connectivity index is 1.59. The molecule has 1 aromatic rings. The van der Waals surface area contributed by atoms with Gasteiger partial charge in [-0.2, -0.15) is 10.4 Å². The van der Waals surface area contributed by atoms with Gasteiger partial charge in [0.2, 0.25) is 11.8 Å². The second-order valence-corrected chi connectivity index (χ2v) is 9.49. The summed E-state index contributed by atoms with van der Waals surface area (Å²) in [5.74, 6) is 0.133. The van der Waals surface area contributed by atoms with Gasteiger partial charge in [0.25, 0.3) is 0 Å². The SMILES string of the molecule is CC(C)NC(=O)C1CCC2C(=O)N(Cc3ccccc3)C3NN=C(SCC#N)N3C2C1. The summed E-state index contributed by atoms with van der Waals surface area (Å²) >= 11 is 1.37. The summed E-state index contributed by atoms with van der Waals surface area (Å²) in [7, 11) is 0. The molecule has 0 aromatic heterocycles. The molecule has 3 aliphatic rings. The van der Waals surface area contributed by atoms with E-state index in [0.717, 1.165) is 10.7 Å². The number of fused-ring (bicyclic) bond motifs is 3. The predicted molar refractivity (Wildman–Crippen MR) is 119 cm³/mol. The van der Waals surface area contributed by atoms with Crippen molar-refractivity contribution in [1.29, 1.82) is 5.26 Å². The van der Waals surface area contributed by atoms with E-state index < -0.39 is 6.29 Å². The minimum absolute atomic E-state index is 0.0551. The number of carbonyl (C=O) groups excluding carboxylic acids is 2. The first-order chi connectivity index (χ1) is 15.0. The third kappa shape index (κ3) is 4.35. The number of amidine groups is 1. The summed E-state index contributed by atoms with van der Waals surface area (Å²) in [5.41, 5.74) is 4.17. The van der Waals surface area contributed by atoms with Crippen LogP contribution in [0.25, 0.3) is 0 Å². The zero-order chi connectivity index (χ0) is 22.0. The molecule has 0 spiro atoms. The van der Waals surface area contributed by atoms with Crippen LogP contribution in [-0.2, 0) is 16.1 Å². The Labute approximate surface area is 187 Å². The molecule has 1 saturated heterocycles. The molecule has 2 amide bonds. The van der Waals surface area contributed by atoms with Crippen molar-refractivity contribution >= 4 is 28.7 Å². The fraction of sp³-hybridized carbons (Fsp3) is 0.545. The van der Waals surface area contributed by atoms with E-state index in [1.165, 1.54) is 11.8 Å². The monoisotopic (exact) mass is 440 g/mol. The second-order valence-electron chi connectivity index (χ2n) is 8.55. The van der Waals surface area contributed by atoms with E-state index in [1.54, 1.807) is 0 Å². The van der Waals surface area contributed by atoms with Gasteiger partial charge >= 0.3 is 0 Å². The largest absolute Gasteiger partial charge is 0.354 e. The molecule has 4 unspecified atom stereocenters. The molecular weight excluding hydrogens is 412 g/mol. The van der Waals surface area contributed by atoms with Crippen LogP contribution >= 0.6 is 11.8 Å². The normalized spacial score (nSPS) is 27.2. The molecule has 31 heavy (non-hydrogen) atoms. The molecule has 0 bridgehead atoms. The van der Waals surface area contributed by atoms with Crippen LogP contribution in [0.15, 0.2) is 35.4 Å². The number of nitriles is 1. The summed E-state index contributed by atoms with van der Waals surface area (Å²) in [4.78, 5) is 30.2. The molecule has 8 nitrogen and oxygen atoms in total. The molecule has 164 valence electrons. The van der Waals surface area contributed by atoms with Crippen molar-refractivity contribution in [2.24, 2.45) is 16.9 Å². The minimum atomic E-state index is -0.401. The van der Waals surface area contributed by atoms with E-state index >= 15 is 0 Å². The molecule has 1 saturated carbocycles. The zero-order valence-corrected chi connectivity index (χ0v) is 18.6. The van der Waals surface area contributed by atoms with Gasteiger partial charge in [0, 0.05) is 24.5 Å². The molecule has 2 N–H and O–H groups in total. The van der Waals surface area contributed by atoms with Crippen molar-refractivity contribution in [3.8, 4) is 6.07 Å². The van der Waals surface area contributed by atoms with Gasteiger partial charge in [0.05, 0.1) is 17.7 Å². The maximum Gasteiger partial charge on any atom is 0.231 e. The fourth-order valence-corrected chi connectivity index (χ4v) is 5.44. The summed E-state index contributed by atoms with van der Waals surface area (Å²) < 4.78 is 0. The van der Waals surface area contributed by atoms with Crippen LogP contribution in [0.4, 0.5) is 0 Å². The Morgan fingerprint density at radius 1 is 1.35 bits per heavy atom. The molecule has 2 heterocycles. The Morgan fingerprint density at radius 3 is 2.84 bits per heavy atom. The quantitative estimate of drug-likeness (QED) is 0.727. The highest BCUT2D eigenvalue weighted by Crippen LogP contribution is 2.41. The van der Waals surface area contributed by atoms with Gasteiger partial charge < -0.3 is 10.2 Å². The van der Waals surface area contributed by atoms with Crippen molar-refractivity contribution in [2.45, 2.75) is 58.0 Å². The molecule has 4 rings (SSSR count). The Morgan fingerprint density at radius 2 is 2.13 bits per heavy atom. The van der Waals surface area contributed by atoms with Gasteiger partial charge in [-0.1, -0.05) is 42.1 Å². The highest BCUT2D eigenvalue weighted by molar-refractivity contribution is 8.13. The molecule has 1 aromatic carbocycles. The third-order valence-electron chi connectivity index (χ3n) is 6.09. The molecule has 0 radical (unpaired) electrons. The van der Waals surface area contributed by atoms with E-state index in [1.807, 2.05) is 49.1 Å². The highest BCUT2D eigenvalue weighted by atomic mass is 32.2. The lowest BCUT2D eigenvalue weighted by Gasteiger charge is -2.51. The Bertz CT molecular complexity index is 899. The minimum Gasteiger partial charge on any atom is -0.354 e. The summed E-state index contributed by atoms with van der Waals surface area (Å²) in [6.45, 7) is 4.40. The number of thioether (sulfide) groups is 1. The van der Waals surface area contributed by atoms with E-state index in [-0.39, 0.29) is 41.5 Å². The lowest BCUT2D eigenvalue weighted by molar-refractivity contribution is -0.159. The van der Waals surface area contributed by atoms with Crippen molar-refractivity contribution in [3.63, 3.8) is 0 Å². The highest BCUT2D eigenvalue weighted by Gasteiger charge is 2.53. The van der Waals surface area contributed by atoms with Crippen LogP contribution in [0.3, 0.4) is 0 Å². The third-order valence-corrected chi connectivity index (χ3v) is 6.93. The average molecular weight is 441 g/mol. The number of nitrogens with zero attached hydrogens (tertiary/aromatic N) is 4. The van der Waals surface area contributed by atoms with Crippen LogP contribution < -0.4 is 10.7 Å². The average Bonchev–Trinajstić information content (AvgIpc) is 3.19. The molecule has 1 aliphatic carbocycles. The van der Waals surface area contributed by atoms with Crippen molar-refractivity contribution in [3.05, 3.63) is 35.9 Å². The Kier molecular flexibility index (Phi) is 6.37. The summed E-state index contributed by atoms with van der Waals surface area (Å²) in [6, 6.07) is 12.0. The second kappa shape index (κ2) is 9.18. The predicted octanol–water partition coefficient (Wildman–Crippen LogP) is 2.05. The fourth-order valence-electron chi connectivity index (χ4n) is 4.74. The number of hydrazone groups is 1. The van der Waals surface area contributed by atoms with Crippen LogP contribution in [-0.4, -0.2) is 50.9 Å². The first-order valence-corrected chi connectivity index (χ1v) is 11.7. The summed E-state index contributed by atoms with van der Waals surface area (Å²) in [6.07, 6.45) is 1.58. The van der Waals surface area contributed by atoms with Crippen LogP contribution in [0.2, 0.25) is 0 Å². The molecule has 9 heteroatoms. The first-order valence-electron chi connectivity index (χ1n) is 10.8. The van der Waals surface area contributed by atoms with Gasteiger partial charge in [-0.3, -0.25) is 19.9 Å². The number of hydrogen-bond acceptors (Lipinski definition) is 7. The number of nitrogens with one attached hydrogen (secondary N) is 2. The van der Waals surface area contributed by atoms with E-state index in [0.29, 0.717) is 25.8 Å². The number of carbonyl (C=O) groups is 2. The first kappa shape index (κ1) is 21.5. The van der Waals surface area contributed by atoms with Gasteiger partial charge in [-0.15, -0.1) is 0 Å². The zero-order valence-electron chi connectivity index (χ0n) is 17.8. The van der Waals surface area contributed by atoms with Crippen molar-refractivity contribution < 1.29 is 9.59 Å². The van der Waals surface area contributed by atoms with Gasteiger partial charge in [-0.25, -0.2) is 0 Å². The number of benzene rings is 1. The molecule has 2 aliphatic heterocycles. The van der Waals surface area contributed by atoms with Gasteiger partial charge in [0.15, 0.2) is 11.5 Å². The van der Waals surface area contributed by atoms with E-state index in [2.05, 4.69) is 26.8 Å². The van der Waals surface area contributed by atoms with Crippen molar-refractivity contribution in [1.82, 2.24) is 20.5 Å². The van der Waals surface area contributed by atoms with E-state index in [4.69, 9.17) is 5.26 Å².